The van der Waals surface area contributed by atoms with Crippen LogP contribution in [0.4, 0.5) is 0 Å². The number of ether oxygens (including phenoxy) is 5. The van der Waals surface area contributed by atoms with Crippen LogP contribution in [0.15, 0.2) is 91.0 Å². The quantitative estimate of drug-likeness (QED) is 0.373. The lowest BCUT2D eigenvalue weighted by atomic mass is 9.85. The molecule has 0 radical (unpaired) electrons. The van der Waals surface area contributed by atoms with Crippen molar-refractivity contribution in [2.24, 2.45) is 0 Å². The number of fused-ring (bicyclic) bond motifs is 1. The Morgan fingerprint density at radius 2 is 1.40 bits per heavy atom. The highest BCUT2D eigenvalue weighted by atomic mass is 32.2. The summed E-state index contributed by atoms with van der Waals surface area (Å²) in [7, 11) is -1.45. The first-order valence-electron chi connectivity index (χ1n) is 13.7. The van der Waals surface area contributed by atoms with Crippen LogP contribution in [-0.4, -0.2) is 45.7 Å². The van der Waals surface area contributed by atoms with Gasteiger partial charge < -0.3 is 23.7 Å². The summed E-state index contributed by atoms with van der Waals surface area (Å²) in [5.41, 5.74) is 1.92. The van der Waals surface area contributed by atoms with Crippen LogP contribution in [0.25, 0.3) is 0 Å². The molecule has 2 unspecified atom stereocenters. The number of nitrogens with one attached hydrogen (secondary N) is 1. The molecule has 0 saturated carbocycles. The van der Waals surface area contributed by atoms with Crippen LogP contribution in [0.5, 0.6) is 0 Å². The smallest absolute Gasteiger partial charge is 0.184 e. The molecule has 1 N–H and O–H groups in total. The van der Waals surface area contributed by atoms with Gasteiger partial charge in [0.15, 0.2) is 12.6 Å². The average molecular weight is 566 g/mol. The fraction of sp³-hybridized carbons (Fsp3) is 0.438. The molecule has 7 nitrogen and oxygen atoms in total. The zero-order chi connectivity index (χ0) is 28.2. The number of hydrogen-bond acceptors (Lipinski definition) is 6. The van der Waals surface area contributed by atoms with E-state index in [1.165, 1.54) is 0 Å². The molecule has 2 saturated heterocycles. The Balaban J connectivity index is 1.48. The molecular formula is C32H39NO6S. The van der Waals surface area contributed by atoms with E-state index in [4.69, 9.17) is 23.7 Å². The van der Waals surface area contributed by atoms with Crippen molar-refractivity contribution < 1.29 is 27.9 Å². The van der Waals surface area contributed by atoms with Gasteiger partial charge in [-0.1, -0.05) is 91.0 Å². The molecule has 2 heterocycles. The number of rotatable bonds is 9. The summed E-state index contributed by atoms with van der Waals surface area (Å²) in [5, 5.41) is 0. The zero-order valence-electron chi connectivity index (χ0n) is 23.5. The van der Waals surface area contributed by atoms with Crippen molar-refractivity contribution in [2.45, 2.75) is 82.1 Å². The van der Waals surface area contributed by atoms with Crippen molar-refractivity contribution in [3.8, 4) is 0 Å². The van der Waals surface area contributed by atoms with Gasteiger partial charge in [-0.15, -0.1) is 0 Å². The van der Waals surface area contributed by atoms with E-state index in [1.54, 1.807) is 0 Å². The molecule has 5 rings (SSSR count). The van der Waals surface area contributed by atoms with Gasteiger partial charge in [0.1, 0.15) is 23.9 Å². The molecule has 0 bridgehead atoms. The molecule has 0 aliphatic carbocycles. The third-order valence-electron chi connectivity index (χ3n) is 7.19. The van der Waals surface area contributed by atoms with Gasteiger partial charge in [-0.2, -0.15) is 0 Å². The second-order valence-electron chi connectivity index (χ2n) is 11.5. The van der Waals surface area contributed by atoms with Gasteiger partial charge in [0.05, 0.1) is 35.6 Å². The van der Waals surface area contributed by atoms with Crippen LogP contribution in [0.2, 0.25) is 0 Å². The van der Waals surface area contributed by atoms with Crippen LogP contribution >= 0.6 is 0 Å². The van der Waals surface area contributed by atoms with Crippen LogP contribution < -0.4 is 4.72 Å². The Kier molecular flexibility index (Phi) is 9.17. The minimum absolute atomic E-state index is 0.305. The summed E-state index contributed by atoms with van der Waals surface area (Å²) in [6.45, 7) is 8.72. The molecule has 7 atom stereocenters. The lowest BCUT2D eigenvalue weighted by Crippen LogP contribution is -2.74. The van der Waals surface area contributed by atoms with Crippen LogP contribution in [-0.2, 0) is 47.9 Å². The molecule has 3 aromatic rings. The monoisotopic (exact) mass is 565 g/mol. The predicted octanol–water partition coefficient (Wildman–Crippen LogP) is 5.44. The Hall–Kier alpha value is -2.43. The minimum Gasteiger partial charge on any atom is -0.369 e. The maximum absolute atomic E-state index is 13.6. The highest BCUT2D eigenvalue weighted by Crippen LogP contribution is 2.41. The van der Waals surface area contributed by atoms with Crippen molar-refractivity contribution in [1.29, 1.82) is 0 Å². The van der Waals surface area contributed by atoms with E-state index in [2.05, 4.69) is 4.72 Å². The Bertz CT molecular complexity index is 1240. The van der Waals surface area contributed by atoms with Crippen molar-refractivity contribution in [2.75, 3.05) is 6.61 Å². The lowest BCUT2D eigenvalue weighted by molar-refractivity contribution is -0.364. The lowest BCUT2D eigenvalue weighted by Gasteiger charge is -2.54. The highest BCUT2D eigenvalue weighted by molar-refractivity contribution is 7.84. The van der Waals surface area contributed by atoms with Crippen molar-refractivity contribution >= 4 is 11.0 Å². The first kappa shape index (κ1) is 29.1. The molecule has 2 aliphatic rings. The first-order valence-corrected chi connectivity index (χ1v) is 14.9. The SMILES string of the molecule is CC(C)(C)S(=O)N[C@@]1(C)[C@@H](OCc2ccccc2)O[C@@H]2COC(c3ccccc3)O[C@H]2[C@@H]1OCc1ccccc1. The second-order valence-corrected chi connectivity index (χ2v) is 13.4. The largest absolute Gasteiger partial charge is 0.369 e. The summed E-state index contributed by atoms with van der Waals surface area (Å²) in [4.78, 5) is 0. The molecular weight excluding hydrogens is 526 g/mol. The van der Waals surface area contributed by atoms with Gasteiger partial charge >= 0.3 is 0 Å². The molecule has 3 aromatic carbocycles. The normalized spacial score (nSPS) is 29.4. The van der Waals surface area contributed by atoms with Gasteiger partial charge in [-0.3, -0.25) is 0 Å². The fourth-order valence-electron chi connectivity index (χ4n) is 4.94. The Morgan fingerprint density at radius 3 is 1.98 bits per heavy atom. The molecule has 2 aliphatic heterocycles. The molecule has 0 spiro atoms. The van der Waals surface area contributed by atoms with Gasteiger partial charge in [0, 0.05) is 5.56 Å². The number of hydrogen-bond donors (Lipinski definition) is 1. The van der Waals surface area contributed by atoms with E-state index in [0.717, 1.165) is 16.7 Å². The van der Waals surface area contributed by atoms with Crippen LogP contribution in [0, 0.1) is 0 Å². The topological polar surface area (TPSA) is 75.3 Å². The number of benzene rings is 3. The summed E-state index contributed by atoms with van der Waals surface area (Å²) in [6.07, 6.45) is -2.89. The first-order chi connectivity index (χ1) is 19.2. The Morgan fingerprint density at radius 1 is 0.850 bits per heavy atom. The third kappa shape index (κ3) is 6.71. The van der Waals surface area contributed by atoms with Crippen LogP contribution in [0.3, 0.4) is 0 Å². The van der Waals surface area contributed by atoms with Gasteiger partial charge in [0.2, 0.25) is 0 Å². The minimum atomic E-state index is -1.45. The summed E-state index contributed by atoms with van der Waals surface area (Å²) in [6, 6.07) is 29.8. The Labute approximate surface area is 239 Å². The summed E-state index contributed by atoms with van der Waals surface area (Å²) >= 11 is 0. The summed E-state index contributed by atoms with van der Waals surface area (Å²) < 4.78 is 48.8. The van der Waals surface area contributed by atoms with E-state index in [-0.39, 0.29) is 0 Å². The van der Waals surface area contributed by atoms with E-state index in [9.17, 15) is 4.21 Å². The maximum Gasteiger partial charge on any atom is 0.184 e. The fourth-order valence-corrected chi connectivity index (χ4v) is 5.85. The average Bonchev–Trinajstić information content (AvgIpc) is 2.96. The van der Waals surface area contributed by atoms with E-state index in [0.29, 0.717) is 19.8 Å². The van der Waals surface area contributed by atoms with Gasteiger partial charge in [0.25, 0.3) is 0 Å². The van der Waals surface area contributed by atoms with Crippen LogP contribution in [0.1, 0.15) is 50.7 Å². The third-order valence-corrected chi connectivity index (χ3v) is 8.93. The summed E-state index contributed by atoms with van der Waals surface area (Å²) in [5.74, 6) is 0. The molecule has 2 fully saturated rings. The molecule has 40 heavy (non-hydrogen) atoms. The molecule has 8 heteroatoms. The van der Waals surface area contributed by atoms with Crippen molar-refractivity contribution in [3.05, 3.63) is 108 Å². The predicted molar refractivity (Wildman–Crippen MR) is 154 cm³/mol. The second kappa shape index (κ2) is 12.6. The van der Waals surface area contributed by atoms with E-state index in [1.807, 2.05) is 119 Å². The molecule has 0 amide bonds. The highest BCUT2D eigenvalue weighted by Gasteiger charge is 2.58. The standard InChI is InChI=1S/C32H39NO6S/c1-31(2,3)40(34)33-32(4)28(35-20-23-14-8-5-9-15-23)27-26(22-36-29(39-27)25-18-12-7-13-19-25)38-30(32)37-21-24-16-10-6-11-17-24/h5-19,26-30,33H,20-22H2,1-4H3/t26-,27-,28+,29?,30+,32-,40?/m1/s1. The van der Waals surface area contributed by atoms with E-state index >= 15 is 0 Å². The van der Waals surface area contributed by atoms with Gasteiger partial charge in [-0.25, -0.2) is 8.93 Å². The van der Waals surface area contributed by atoms with Gasteiger partial charge in [-0.05, 0) is 38.8 Å². The molecule has 214 valence electrons. The molecule has 0 aromatic heterocycles. The maximum atomic E-state index is 13.6. The zero-order valence-corrected chi connectivity index (χ0v) is 24.3. The van der Waals surface area contributed by atoms with Crippen molar-refractivity contribution in [1.82, 2.24) is 4.72 Å². The van der Waals surface area contributed by atoms with E-state index < -0.39 is 52.2 Å². The van der Waals surface area contributed by atoms with Crippen molar-refractivity contribution in [3.63, 3.8) is 0 Å².